The number of nitrogens with zero attached hydrogens (tertiary/aromatic N) is 1. The van der Waals surface area contributed by atoms with Gasteiger partial charge in [-0.05, 0) is 25.8 Å². The molecule has 1 rings (SSSR count). The number of aromatic nitrogens is 1. The third-order valence-corrected chi connectivity index (χ3v) is 2.23. The van der Waals surface area contributed by atoms with Gasteiger partial charge >= 0.3 is 0 Å². The molecule has 0 amide bonds. The Balaban J connectivity index is 2.51. The summed E-state index contributed by atoms with van der Waals surface area (Å²) in [7, 11) is 1.67. The van der Waals surface area contributed by atoms with Crippen LogP contribution in [0.2, 0.25) is 0 Å². The summed E-state index contributed by atoms with van der Waals surface area (Å²) < 4.78 is 4.93. The third-order valence-electron chi connectivity index (χ3n) is 2.23. The second kappa shape index (κ2) is 5.73. The zero-order valence-electron chi connectivity index (χ0n) is 8.73. The monoisotopic (exact) mass is 195 g/mol. The average Bonchev–Trinajstić information content (AvgIpc) is 2.18. The fourth-order valence-corrected chi connectivity index (χ4v) is 1.43. The lowest BCUT2D eigenvalue weighted by molar-refractivity contribution is 0.135. The molecule has 3 nitrogen and oxygen atoms in total. The maximum absolute atomic E-state index is 9.83. The molecule has 0 aliphatic carbocycles. The summed E-state index contributed by atoms with van der Waals surface area (Å²) in [5.74, 6) is 0. The van der Waals surface area contributed by atoms with Crippen molar-refractivity contribution >= 4 is 0 Å². The molecule has 0 aliphatic heterocycles. The van der Waals surface area contributed by atoms with Crippen LogP contribution in [-0.2, 0) is 4.74 Å². The van der Waals surface area contributed by atoms with E-state index in [4.69, 9.17) is 4.74 Å². The van der Waals surface area contributed by atoms with Crippen LogP contribution in [0.15, 0.2) is 18.3 Å². The van der Waals surface area contributed by atoms with Crippen molar-refractivity contribution in [2.75, 3.05) is 13.7 Å². The smallest absolute Gasteiger partial charge is 0.0808 e. The maximum Gasteiger partial charge on any atom is 0.0808 e. The molecule has 0 bridgehead atoms. The summed E-state index contributed by atoms with van der Waals surface area (Å²) in [6.45, 7) is 2.60. The largest absolute Gasteiger partial charge is 0.388 e. The predicted molar refractivity (Wildman–Crippen MR) is 55.0 cm³/mol. The number of hydrogen-bond acceptors (Lipinski definition) is 3. The van der Waals surface area contributed by atoms with Gasteiger partial charge in [-0.25, -0.2) is 0 Å². The van der Waals surface area contributed by atoms with Gasteiger partial charge in [0.1, 0.15) is 0 Å². The highest BCUT2D eigenvalue weighted by Crippen LogP contribution is 2.19. The van der Waals surface area contributed by atoms with Gasteiger partial charge in [0.25, 0.3) is 0 Å². The second-order valence-electron chi connectivity index (χ2n) is 3.33. The third kappa shape index (κ3) is 3.09. The molecule has 14 heavy (non-hydrogen) atoms. The van der Waals surface area contributed by atoms with E-state index in [-0.39, 0.29) is 0 Å². The van der Waals surface area contributed by atoms with Crippen molar-refractivity contribution < 1.29 is 9.84 Å². The summed E-state index contributed by atoms with van der Waals surface area (Å²) in [6.07, 6.45) is 2.91. The van der Waals surface area contributed by atoms with Gasteiger partial charge in [0.15, 0.2) is 0 Å². The maximum atomic E-state index is 9.83. The van der Waals surface area contributed by atoms with E-state index in [9.17, 15) is 5.11 Å². The number of pyridine rings is 1. The molecule has 78 valence electrons. The van der Waals surface area contributed by atoms with Crippen LogP contribution < -0.4 is 0 Å². The summed E-state index contributed by atoms with van der Waals surface area (Å²) >= 11 is 0. The van der Waals surface area contributed by atoms with Crippen molar-refractivity contribution in [3.8, 4) is 0 Å². The summed E-state index contributed by atoms with van der Waals surface area (Å²) in [5.41, 5.74) is 1.82. The van der Waals surface area contributed by atoms with E-state index in [1.165, 1.54) is 0 Å². The molecule has 0 saturated carbocycles. The Morgan fingerprint density at radius 2 is 2.36 bits per heavy atom. The van der Waals surface area contributed by atoms with Crippen molar-refractivity contribution in [1.29, 1.82) is 0 Å². The van der Waals surface area contributed by atoms with E-state index in [0.29, 0.717) is 6.61 Å². The Labute approximate surface area is 84.7 Å². The number of aliphatic hydroxyl groups is 1. The minimum atomic E-state index is -0.418. The predicted octanol–water partition coefficient (Wildman–Crippen LogP) is 1.85. The first kappa shape index (κ1) is 11.1. The molecule has 1 unspecified atom stereocenters. The highest BCUT2D eigenvalue weighted by Gasteiger charge is 2.09. The van der Waals surface area contributed by atoms with Crippen LogP contribution in [0.1, 0.15) is 30.2 Å². The van der Waals surface area contributed by atoms with Gasteiger partial charge in [-0.2, -0.15) is 0 Å². The molecule has 0 saturated heterocycles. The number of methoxy groups -OCH3 is 1. The van der Waals surface area contributed by atoms with Crippen LogP contribution in [0.25, 0.3) is 0 Å². The highest BCUT2D eigenvalue weighted by atomic mass is 16.5. The number of hydrogen-bond donors (Lipinski definition) is 1. The van der Waals surface area contributed by atoms with Gasteiger partial charge in [0.2, 0.25) is 0 Å². The minimum Gasteiger partial charge on any atom is -0.388 e. The van der Waals surface area contributed by atoms with Crippen LogP contribution in [0, 0.1) is 6.92 Å². The minimum absolute atomic E-state index is 0.418. The second-order valence-corrected chi connectivity index (χ2v) is 3.33. The topological polar surface area (TPSA) is 42.4 Å². The Bertz CT molecular complexity index is 276. The van der Waals surface area contributed by atoms with Gasteiger partial charge in [-0.1, -0.05) is 6.07 Å². The fraction of sp³-hybridized carbons (Fsp3) is 0.545. The number of rotatable bonds is 5. The molecule has 0 radical (unpaired) electrons. The molecular weight excluding hydrogens is 178 g/mol. The number of aliphatic hydroxyl groups excluding tert-OH is 1. The van der Waals surface area contributed by atoms with Crippen LogP contribution in [0.5, 0.6) is 0 Å². The van der Waals surface area contributed by atoms with Gasteiger partial charge in [-0.3, -0.25) is 4.98 Å². The molecule has 0 fully saturated rings. The van der Waals surface area contributed by atoms with Gasteiger partial charge in [0.05, 0.1) is 6.10 Å². The Hall–Kier alpha value is -0.930. The SMILES string of the molecule is COCCCC(O)c1cccnc1C. The summed E-state index contributed by atoms with van der Waals surface area (Å²) in [6, 6.07) is 3.77. The standard InChI is InChI=1S/C11H17NO2/c1-9-10(5-3-7-12-9)11(13)6-4-8-14-2/h3,5,7,11,13H,4,6,8H2,1-2H3. The normalized spacial score (nSPS) is 12.8. The lowest BCUT2D eigenvalue weighted by atomic mass is 10.0. The molecule has 1 aromatic rings. The zero-order valence-corrected chi connectivity index (χ0v) is 8.73. The Kier molecular flexibility index (Phi) is 4.56. The van der Waals surface area contributed by atoms with Crippen LogP contribution in [-0.4, -0.2) is 23.8 Å². The molecule has 1 atom stereocenters. The lowest BCUT2D eigenvalue weighted by Crippen LogP contribution is -2.02. The molecule has 0 spiro atoms. The fourth-order valence-electron chi connectivity index (χ4n) is 1.43. The average molecular weight is 195 g/mol. The van der Waals surface area contributed by atoms with Crippen LogP contribution >= 0.6 is 0 Å². The van der Waals surface area contributed by atoms with E-state index in [2.05, 4.69) is 4.98 Å². The molecule has 1 aromatic heterocycles. The number of ether oxygens (including phenoxy) is 1. The van der Waals surface area contributed by atoms with E-state index >= 15 is 0 Å². The first-order valence-electron chi connectivity index (χ1n) is 4.84. The molecule has 0 aliphatic rings. The van der Waals surface area contributed by atoms with Crippen LogP contribution in [0.4, 0.5) is 0 Å². The highest BCUT2D eigenvalue weighted by molar-refractivity contribution is 5.20. The zero-order chi connectivity index (χ0) is 10.4. The van der Waals surface area contributed by atoms with E-state index in [0.717, 1.165) is 24.1 Å². The van der Waals surface area contributed by atoms with Gasteiger partial charge in [-0.15, -0.1) is 0 Å². The van der Waals surface area contributed by atoms with Gasteiger partial charge in [0, 0.05) is 31.2 Å². The van der Waals surface area contributed by atoms with Crippen molar-refractivity contribution in [3.05, 3.63) is 29.6 Å². The lowest BCUT2D eigenvalue weighted by Gasteiger charge is -2.12. The number of aryl methyl sites for hydroxylation is 1. The van der Waals surface area contributed by atoms with Crippen molar-refractivity contribution in [2.45, 2.75) is 25.9 Å². The Morgan fingerprint density at radius 3 is 3.00 bits per heavy atom. The van der Waals surface area contributed by atoms with Crippen molar-refractivity contribution in [3.63, 3.8) is 0 Å². The van der Waals surface area contributed by atoms with E-state index in [1.807, 2.05) is 19.1 Å². The molecule has 1 N–H and O–H groups in total. The molecular formula is C11H17NO2. The quantitative estimate of drug-likeness (QED) is 0.729. The molecule has 0 aromatic carbocycles. The van der Waals surface area contributed by atoms with Crippen LogP contribution in [0.3, 0.4) is 0 Å². The molecule has 3 heteroatoms. The van der Waals surface area contributed by atoms with Crippen molar-refractivity contribution in [2.24, 2.45) is 0 Å². The van der Waals surface area contributed by atoms with E-state index < -0.39 is 6.10 Å². The van der Waals surface area contributed by atoms with E-state index in [1.54, 1.807) is 13.3 Å². The Morgan fingerprint density at radius 1 is 1.57 bits per heavy atom. The summed E-state index contributed by atoms with van der Waals surface area (Å²) in [4.78, 5) is 4.14. The molecule has 1 heterocycles. The first-order valence-corrected chi connectivity index (χ1v) is 4.84. The van der Waals surface area contributed by atoms with Crippen molar-refractivity contribution in [1.82, 2.24) is 4.98 Å². The summed E-state index contributed by atoms with van der Waals surface area (Å²) in [5, 5.41) is 9.83. The first-order chi connectivity index (χ1) is 6.75. The van der Waals surface area contributed by atoms with Gasteiger partial charge < -0.3 is 9.84 Å².